The minimum atomic E-state index is 0.0569. The molecule has 3 nitrogen and oxygen atoms in total. The fourth-order valence-electron chi connectivity index (χ4n) is 2.32. The van der Waals surface area contributed by atoms with Crippen molar-refractivity contribution in [1.82, 2.24) is 0 Å². The summed E-state index contributed by atoms with van der Waals surface area (Å²) in [5.41, 5.74) is 0. The molecule has 1 saturated heterocycles. The van der Waals surface area contributed by atoms with E-state index < -0.39 is 0 Å². The number of epoxide rings is 1. The van der Waals surface area contributed by atoms with Crippen molar-refractivity contribution in [2.75, 3.05) is 6.61 Å². The van der Waals surface area contributed by atoms with Gasteiger partial charge in [-0.3, -0.25) is 4.79 Å². The molecular formula is C10H14O3. The Kier molecular flexibility index (Phi) is 2.20. The van der Waals surface area contributed by atoms with Gasteiger partial charge in [0.1, 0.15) is 12.1 Å². The van der Waals surface area contributed by atoms with Gasteiger partial charge in [-0.05, 0) is 25.7 Å². The second-order valence-electron chi connectivity index (χ2n) is 4.11. The van der Waals surface area contributed by atoms with Gasteiger partial charge in [-0.25, -0.2) is 0 Å². The lowest BCUT2D eigenvalue weighted by Crippen LogP contribution is -2.14. The number of rotatable bonds is 3. The Morgan fingerprint density at radius 2 is 2.15 bits per heavy atom. The summed E-state index contributed by atoms with van der Waals surface area (Å²) < 4.78 is 5.18. The average Bonchev–Trinajstić information content (AvgIpc) is 2.84. The number of aldehydes is 1. The van der Waals surface area contributed by atoms with Gasteiger partial charge in [-0.15, -0.1) is 0 Å². The van der Waals surface area contributed by atoms with Crippen molar-refractivity contribution in [3.8, 4) is 0 Å². The zero-order chi connectivity index (χ0) is 9.42. The van der Waals surface area contributed by atoms with Crippen LogP contribution in [-0.2, 0) is 14.3 Å². The largest absolute Gasteiger partial charge is 0.373 e. The molecule has 2 aliphatic rings. The maximum Gasteiger partial charge on any atom is 0.132 e. The van der Waals surface area contributed by atoms with Crippen LogP contribution in [0.3, 0.4) is 0 Å². The fraction of sp³-hybridized carbons (Fsp3) is 0.800. The van der Waals surface area contributed by atoms with Crippen molar-refractivity contribution < 1.29 is 14.3 Å². The number of carbonyl (C=O) groups is 2. The second kappa shape index (κ2) is 3.22. The molecule has 0 aromatic heterocycles. The molecule has 1 saturated carbocycles. The molecule has 3 heteroatoms. The lowest BCUT2D eigenvalue weighted by molar-refractivity contribution is -0.120. The Morgan fingerprint density at radius 1 is 1.46 bits per heavy atom. The van der Waals surface area contributed by atoms with E-state index in [1.54, 1.807) is 6.92 Å². The molecule has 2 rings (SSSR count). The quantitative estimate of drug-likeness (QED) is 0.479. The lowest BCUT2D eigenvalue weighted by Gasteiger charge is -2.08. The highest BCUT2D eigenvalue weighted by molar-refractivity contribution is 5.79. The van der Waals surface area contributed by atoms with Crippen LogP contribution >= 0.6 is 0 Å². The summed E-state index contributed by atoms with van der Waals surface area (Å²) in [5.74, 6) is 0.687. The molecule has 72 valence electrons. The number of ether oxygens (including phenoxy) is 1. The van der Waals surface area contributed by atoms with Crippen LogP contribution in [0.25, 0.3) is 0 Å². The molecular weight excluding hydrogens is 168 g/mol. The van der Waals surface area contributed by atoms with Gasteiger partial charge in [0, 0.05) is 11.8 Å². The highest BCUT2D eigenvalue weighted by Gasteiger charge is 2.45. The summed E-state index contributed by atoms with van der Waals surface area (Å²) in [5, 5.41) is 0. The van der Waals surface area contributed by atoms with E-state index in [1.807, 2.05) is 0 Å². The zero-order valence-electron chi connectivity index (χ0n) is 7.73. The lowest BCUT2D eigenvalue weighted by atomic mass is 9.94. The van der Waals surface area contributed by atoms with Crippen molar-refractivity contribution >= 4 is 12.1 Å². The highest BCUT2D eigenvalue weighted by atomic mass is 16.6. The van der Waals surface area contributed by atoms with Crippen molar-refractivity contribution in [3.05, 3.63) is 0 Å². The predicted octanol–water partition coefficient (Wildman–Crippen LogP) is 0.816. The molecule has 0 amide bonds. The van der Waals surface area contributed by atoms with E-state index >= 15 is 0 Å². The third kappa shape index (κ3) is 1.66. The van der Waals surface area contributed by atoms with Gasteiger partial charge in [0.2, 0.25) is 0 Å². The first-order chi connectivity index (χ1) is 6.22. The van der Waals surface area contributed by atoms with E-state index in [-0.39, 0.29) is 23.7 Å². The first-order valence-electron chi connectivity index (χ1n) is 4.79. The molecule has 2 fully saturated rings. The number of hydrogen-bond acceptors (Lipinski definition) is 3. The molecule has 1 aliphatic heterocycles. The molecule has 13 heavy (non-hydrogen) atoms. The zero-order valence-corrected chi connectivity index (χ0v) is 7.73. The van der Waals surface area contributed by atoms with Crippen molar-refractivity contribution in [2.24, 2.45) is 17.8 Å². The van der Waals surface area contributed by atoms with Crippen molar-refractivity contribution in [3.63, 3.8) is 0 Å². The first kappa shape index (κ1) is 8.88. The summed E-state index contributed by atoms with van der Waals surface area (Å²) in [4.78, 5) is 21.9. The maximum atomic E-state index is 11.1. The van der Waals surface area contributed by atoms with E-state index in [1.165, 1.54) is 0 Å². The number of Topliss-reactive ketones (excluding diaryl/α,β-unsaturated/α-hetero) is 1. The Labute approximate surface area is 77.4 Å². The summed E-state index contributed by atoms with van der Waals surface area (Å²) in [6.07, 6.45) is 2.85. The van der Waals surface area contributed by atoms with E-state index in [0.29, 0.717) is 5.92 Å². The van der Waals surface area contributed by atoms with E-state index in [2.05, 4.69) is 0 Å². The van der Waals surface area contributed by atoms with Crippen LogP contribution in [0.15, 0.2) is 0 Å². The minimum Gasteiger partial charge on any atom is -0.373 e. The summed E-state index contributed by atoms with van der Waals surface area (Å²) in [6.45, 7) is 2.39. The van der Waals surface area contributed by atoms with Crippen LogP contribution < -0.4 is 0 Å². The first-order valence-corrected chi connectivity index (χ1v) is 4.79. The Morgan fingerprint density at radius 3 is 2.62 bits per heavy atom. The molecule has 0 radical (unpaired) electrons. The van der Waals surface area contributed by atoms with Crippen LogP contribution in [0.5, 0.6) is 0 Å². The van der Waals surface area contributed by atoms with Crippen molar-refractivity contribution in [1.29, 1.82) is 0 Å². The van der Waals surface area contributed by atoms with Gasteiger partial charge < -0.3 is 9.53 Å². The average molecular weight is 182 g/mol. The van der Waals surface area contributed by atoms with Crippen LogP contribution in [0.4, 0.5) is 0 Å². The van der Waals surface area contributed by atoms with E-state index in [0.717, 1.165) is 25.7 Å². The van der Waals surface area contributed by atoms with Crippen LogP contribution in [0.1, 0.15) is 19.8 Å². The second-order valence-corrected chi connectivity index (χ2v) is 4.11. The van der Waals surface area contributed by atoms with Gasteiger partial charge in [0.15, 0.2) is 0 Å². The Bertz CT molecular complexity index is 232. The summed E-state index contributed by atoms with van der Waals surface area (Å²) in [6, 6.07) is 0. The van der Waals surface area contributed by atoms with Crippen molar-refractivity contribution in [2.45, 2.75) is 25.9 Å². The predicted molar refractivity (Wildman–Crippen MR) is 46.2 cm³/mol. The standard InChI is InChI=1S/C10H14O3/c1-6(12)7-2-8(4-11)9(3-7)10-5-13-10/h4,7-10H,2-3,5H2,1H3/t7-,8-,9+,10?/m0/s1. The minimum absolute atomic E-state index is 0.0569. The van der Waals surface area contributed by atoms with E-state index in [9.17, 15) is 9.59 Å². The van der Waals surface area contributed by atoms with Gasteiger partial charge >= 0.3 is 0 Å². The summed E-state index contributed by atoms with van der Waals surface area (Å²) >= 11 is 0. The molecule has 0 aromatic rings. The Hall–Kier alpha value is -0.700. The normalized spacial score (nSPS) is 43.2. The number of carbonyl (C=O) groups excluding carboxylic acids is 2. The van der Waals surface area contributed by atoms with Crippen LogP contribution in [-0.4, -0.2) is 24.8 Å². The SMILES string of the molecule is CC(=O)[C@H]1C[C@@H](C=O)[C@H](C2CO2)C1. The molecule has 0 aromatic carbocycles. The van der Waals surface area contributed by atoms with Gasteiger partial charge in [-0.1, -0.05) is 0 Å². The number of ketones is 1. The third-order valence-corrected chi connectivity index (χ3v) is 3.25. The molecule has 1 aliphatic carbocycles. The molecule has 0 bridgehead atoms. The van der Waals surface area contributed by atoms with Crippen LogP contribution in [0.2, 0.25) is 0 Å². The van der Waals surface area contributed by atoms with E-state index in [4.69, 9.17) is 4.74 Å². The van der Waals surface area contributed by atoms with Gasteiger partial charge in [-0.2, -0.15) is 0 Å². The topological polar surface area (TPSA) is 46.7 Å². The maximum absolute atomic E-state index is 11.1. The molecule has 1 heterocycles. The fourth-order valence-corrected chi connectivity index (χ4v) is 2.32. The Balaban J connectivity index is 2.02. The molecule has 1 unspecified atom stereocenters. The van der Waals surface area contributed by atoms with Gasteiger partial charge in [0.05, 0.1) is 12.7 Å². The monoisotopic (exact) mass is 182 g/mol. The van der Waals surface area contributed by atoms with Gasteiger partial charge in [0.25, 0.3) is 0 Å². The summed E-state index contributed by atoms with van der Waals surface area (Å²) in [7, 11) is 0. The number of hydrogen-bond donors (Lipinski definition) is 0. The smallest absolute Gasteiger partial charge is 0.132 e. The molecule has 4 atom stereocenters. The molecule has 0 spiro atoms. The van der Waals surface area contributed by atoms with Crippen LogP contribution in [0, 0.1) is 17.8 Å². The highest BCUT2D eigenvalue weighted by Crippen LogP contribution is 2.42. The third-order valence-electron chi connectivity index (χ3n) is 3.25. The molecule has 0 N–H and O–H groups in total.